The Morgan fingerprint density at radius 1 is 1.36 bits per heavy atom. The molecule has 0 aliphatic carbocycles. The number of amides is 1. The zero-order valence-electron chi connectivity index (χ0n) is 12.4. The van der Waals surface area contributed by atoms with Gasteiger partial charge in [0.2, 0.25) is 0 Å². The van der Waals surface area contributed by atoms with E-state index >= 15 is 0 Å². The van der Waals surface area contributed by atoms with Crippen molar-refractivity contribution in [3.8, 4) is 0 Å². The minimum atomic E-state index is -1.24. The molecule has 0 bridgehead atoms. The Morgan fingerprint density at radius 3 is 2.77 bits per heavy atom. The van der Waals surface area contributed by atoms with Crippen LogP contribution in [-0.4, -0.2) is 69.4 Å². The van der Waals surface area contributed by atoms with Gasteiger partial charge >= 0.3 is 0 Å². The van der Waals surface area contributed by atoms with Gasteiger partial charge in [0.1, 0.15) is 11.1 Å². The van der Waals surface area contributed by atoms with Crippen LogP contribution in [0.25, 0.3) is 0 Å². The van der Waals surface area contributed by atoms with Crippen molar-refractivity contribution in [2.45, 2.75) is 42.3 Å². The highest BCUT2D eigenvalue weighted by molar-refractivity contribution is 7.98. The van der Waals surface area contributed by atoms with Gasteiger partial charge < -0.3 is 26.0 Å². The van der Waals surface area contributed by atoms with Crippen LogP contribution >= 0.6 is 11.8 Å². The van der Waals surface area contributed by atoms with E-state index in [1.807, 2.05) is 6.26 Å². The van der Waals surface area contributed by atoms with Gasteiger partial charge in [-0.1, -0.05) is 0 Å². The second-order valence-corrected chi connectivity index (χ2v) is 6.10. The minimum Gasteiger partial charge on any atom is -0.389 e. The van der Waals surface area contributed by atoms with Crippen LogP contribution in [0.2, 0.25) is 0 Å². The first kappa shape index (κ1) is 17.2. The highest BCUT2D eigenvalue weighted by Crippen LogP contribution is 2.17. The molecule has 1 amide bonds. The topological polar surface area (TPSA) is 115 Å². The van der Waals surface area contributed by atoms with E-state index in [4.69, 9.17) is 0 Å². The van der Waals surface area contributed by atoms with E-state index in [1.54, 1.807) is 25.3 Å². The van der Waals surface area contributed by atoms with Crippen molar-refractivity contribution < 1.29 is 20.1 Å². The highest BCUT2D eigenvalue weighted by Gasteiger charge is 2.40. The number of aromatic nitrogens is 1. The molecule has 1 saturated heterocycles. The lowest BCUT2D eigenvalue weighted by Crippen LogP contribution is -2.66. The molecule has 5 N–H and O–H groups in total. The number of aliphatic hydroxyl groups excluding tert-OH is 3. The molecule has 2 heterocycles. The number of nitrogens with zero attached hydrogens (tertiary/aromatic N) is 1. The lowest BCUT2D eigenvalue weighted by molar-refractivity contribution is -0.109. The molecule has 8 heteroatoms. The number of hydrogen-bond acceptors (Lipinski definition) is 7. The third-order valence-electron chi connectivity index (χ3n) is 3.79. The third kappa shape index (κ3) is 3.58. The zero-order chi connectivity index (χ0) is 16.3. The highest BCUT2D eigenvalue weighted by atomic mass is 32.2. The Bertz CT molecular complexity index is 531. The number of thioether (sulfide) groups is 1. The SMILES string of the molecule is CSc1ncccc1C(=O)NC[C@H]1N[C@@H](C)[C@@H](O)[C@@H](O)[C@@H]1O. The lowest BCUT2D eigenvalue weighted by Gasteiger charge is -2.40. The second-order valence-electron chi connectivity index (χ2n) is 5.30. The van der Waals surface area contributed by atoms with Crippen molar-refractivity contribution in [3.05, 3.63) is 23.9 Å². The van der Waals surface area contributed by atoms with Crippen LogP contribution in [0.3, 0.4) is 0 Å². The standard InChI is InChI=1S/C14H21N3O4S/c1-7-10(18)12(20)11(19)9(17-7)6-16-13(21)8-4-3-5-15-14(8)22-2/h3-5,7,9-12,17-20H,6H2,1-2H3,(H,16,21)/t7-,9+,10+,11+,12+/m0/s1. The zero-order valence-corrected chi connectivity index (χ0v) is 13.2. The van der Waals surface area contributed by atoms with Crippen molar-refractivity contribution in [3.63, 3.8) is 0 Å². The van der Waals surface area contributed by atoms with Crippen LogP contribution in [0, 0.1) is 0 Å². The van der Waals surface area contributed by atoms with Crippen LogP contribution in [0.5, 0.6) is 0 Å². The van der Waals surface area contributed by atoms with E-state index < -0.39 is 24.4 Å². The first-order valence-electron chi connectivity index (χ1n) is 7.03. The Kier molecular flexibility index (Phi) is 5.76. The summed E-state index contributed by atoms with van der Waals surface area (Å²) in [6.07, 6.45) is 0.0292. The van der Waals surface area contributed by atoms with E-state index in [0.717, 1.165) is 0 Å². The summed E-state index contributed by atoms with van der Waals surface area (Å²) in [4.78, 5) is 16.3. The summed E-state index contributed by atoms with van der Waals surface area (Å²) in [6, 6.07) is 2.46. The number of piperidine rings is 1. The molecule has 0 spiro atoms. The van der Waals surface area contributed by atoms with Crippen LogP contribution in [0.1, 0.15) is 17.3 Å². The first-order chi connectivity index (χ1) is 10.5. The van der Waals surface area contributed by atoms with E-state index in [-0.39, 0.29) is 18.5 Å². The molecule has 0 unspecified atom stereocenters. The molecule has 7 nitrogen and oxygen atoms in total. The van der Waals surface area contributed by atoms with Gasteiger partial charge in [0.15, 0.2) is 0 Å². The smallest absolute Gasteiger partial charge is 0.254 e. The predicted molar refractivity (Wildman–Crippen MR) is 82.8 cm³/mol. The minimum absolute atomic E-state index is 0.136. The summed E-state index contributed by atoms with van der Waals surface area (Å²) in [5, 5.41) is 35.8. The van der Waals surface area contributed by atoms with Crippen molar-refractivity contribution in [2.75, 3.05) is 12.8 Å². The quantitative estimate of drug-likeness (QED) is 0.450. The van der Waals surface area contributed by atoms with Crippen LogP contribution in [0.4, 0.5) is 0 Å². The molecule has 1 aromatic heterocycles. The van der Waals surface area contributed by atoms with Crippen LogP contribution in [0.15, 0.2) is 23.4 Å². The molecule has 2 rings (SSSR count). The second kappa shape index (κ2) is 7.38. The van der Waals surface area contributed by atoms with Crippen LogP contribution < -0.4 is 10.6 Å². The molecule has 1 fully saturated rings. The molecule has 22 heavy (non-hydrogen) atoms. The van der Waals surface area contributed by atoms with Crippen LogP contribution in [-0.2, 0) is 0 Å². The van der Waals surface area contributed by atoms with E-state index in [9.17, 15) is 20.1 Å². The summed E-state index contributed by atoms with van der Waals surface area (Å²) >= 11 is 1.38. The summed E-state index contributed by atoms with van der Waals surface area (Å²) in [5.41, 5.74) is 0.467. The number of rotatable bonds is 4. The van der Waals surface area contributed by atoms with Gasteiger partial charge in [-0.2, -0.15) is 0 Å². The average molecular weight is 327 g/mol. The normalized spacial score (nSPS) is 31.8. The van der Waals surface area contributed by atoms with Crippen molar-refractivity contribution in [2.24, 2.45) is 0 Å². The molecule has 0 saturated carbocycles. The fraction of sp³-hybridized carbons (Fsp3) is 0.571. The van der Waals surface area contributed by atoms with Gasteiger partial charge in [0.05, 0.1) is 23.8 Å². The number of carbonyl (C=O) groups excluding carboxylic acids is 1. The van der Waals surface area contributed by atoms with Gasteiger partial charge in [0.25, 0.3) is 5.91 Å². The van der Waals surface area contributed by atoms with E-state index in [1.165, 1.54) is 11.8 Å². The van der Waals surface area contributed by atoms with Gasteiger partial charge in [0, 0.05) is 18.8 Å². The fourth-order valence-electron chi connectivity index (χ4n) is 2.47. The number of hydrogen-bond donors (Lipinski definition) is 5. The maximum absolute atomic E-state index is 12.2. The first-order valence-corrected chi connectivity index (χ1v) is 8.25. The Balaban J connectivity index is 1.99. The average Bonchev–Trinajstić information content (AvgIpc) is 2.54. The summed E-state index contributed by atoms with van der Waals surface area (Å²) in [7, 11) is 0. The number of pyridine rings is 1. The molecule has 122 valence electrons. The Hall–Kier alpha value is -1.19. The lowest BCUT2D eigenvalue weighted by atomic mass is 9.91. The molecule has 5 atom stereocenters. The largest absolute Gasteiger partial charge is 0.389 e. The number of carbonyl (C=O) groups is 1. The van der Waals surface area contributed by atoms with Gasteiger partial charge in [-0.3, -0.25) is 4.79 Å². The van der Waals surface area contributed by atoms with Gasteiger partial charge in [-0.25, -0.2) is 4.98 Å². The van der Waals surface area contributed by atoms with Crippen molar-refractivity contribution in [1.29, 1.82) is 0 Å². The number of nitrogens with one attached hydrogen (secondary N) is 2. The summed E-state index contributed by atoms with van der Waals surface area (Å²) in [5.74, 6) is -0.292. The molecular weight excluding hydrogens is 306 g/mol. The molecular formula is C14H21N3O4S. The fourth-order valence-corrected chi connectivity index (χ4v) is 3.02. The van der Waals surface area contributed by atoms with Gasteiger partial charge in [-0.05, 0) is 25.3 Å². The molecule has 1 aromatic rings. The maximum atomic E-state index is 12.2. The van der Waals surface area contributed by atoms with E-state index in [2.05, 4.69) is 15.6 Å². The Morgan fingerprint density at radius 2 is 2.09 bits per heavy atom. The Labute approximate surface area is 133 Å². The van der Waals surface area contributed by atoms with E-state index in [0.29, 0.717) is 10.6 Å². The molecule has 0 aromatic carbocycles. The molecule has 0 radical (unpaired) electrons. The maximum Gasteiger partial charge on any atom is 0.254 e. The van der Waals surface area contributed by atoms with Crippen molar-refractivity contribution >= 4 is 17.7 Å². The number of aliphatic hydroxyl groups is 3. The third-order valence-corrected chi connectivity index (χ3v) is 4.51. The van der Waals surface area contributed by atoms with Gasteiger partial charge in [-0.15, -0.1) is 11.8 Å². The molecule has 1 aliphatic heterocycles. The summed E-state index contributed by atoms with van der Waals surface area (Å²) < 4.78 is 0. The predicted octanol–water partition coefficient (Wildman–Crippen LogP) is -1.02. The monoisotopic (exact) mass is 327 g/mol. The summed E-state index contributed by atoms with van der Waals surface area (Å²) in [6.45, 7) is 1.85. The molecule has 1 aliphatic rings. The van der Waals surface area contributed by atoms with Crippen molar-refractivity contribution in [1.82, 2.24) is 15.6 Å².